The highest BCUT2D eigenvalue weighted by Gasteiger charge is 2.30. The Morgan fingerprint density at radius 2 is 1.88 bits per heavy atom. The summed E-state index contributed by atoms with van der Waals surface area (Å²) in [6, 6.07) is 17.3. The molecule has 1 N–H and O–H groups in total. The van der Waals surface area contributed by atoms with Gasteiger partial charge < -0.3 is 10.2 Å². The summed E-state index contributed by atoms with van der Waals surface area (Å²) in [6.45, 7) is 2.74. The molecule has 5 heteroatoms. The summed E-state index contributed by atoms with van der Waals surface area (Å²) in [6.07, 6.45) is 1.58. The van der Waals surface area contributed by atoms with E-state index in [1.54, 1.807) is 4.90 Å². The van der Waals surface area contributed by atoms with Crippen LogP contribution in [0.1, 0.15) is 18.4 Å². The first-order chi connectivity index (χ1) is 12.1. The standard InChI is InChI=1S/C20H22N2O2S/c1-15-9-11-17(12-10-15)25-14-19(23)21-18-8-5-13-22(20(18)24)16-6-3-2-4-7-16/h2-4,6-7,9-12,18H,5,8,13-14H2,1H3,(H,21,23). The number of benzene rings is 2. The molecular weight excluding hydrogens is 332 g/mol. The molecule has 0 aliphatic carbocycles. The van der Waals surface area contributed by atoms with Crippen LogP contribution in [0.25, 0.3) is 0 Å². The van der Waals surface area contributed by atoms with E-state index in [9.17, 15) is 9.59 Å². The summed E-state index contributed by atoms with van der Waals surface area (Å²) in [5, 5.41) is 2.90. The Bertz CT molecular complexity index is 731. The van der Waals surface area contributed by atoms with E-state index in [1.807, 2.05) is 61.5 Å². The first-order valence-electron chi connectivity index (χ1n) is 8.49. The smallest absolute Gasteiger partial charge is 0.249 e. The van der Waals surface area contributed by atoms with Gasteiger partial charge in [-0.2, -0.15) is 0 Å². The highest BCUT2D eigenvalue weighted by Crippen LogP contribution is 2.21. The highest BCUT2D eigenvalue weighted by molar-refractivity contribution is 8.00. The lowest BCUT2D eigenvalue weighted by Gasteiger charge is -2.32. The molecule has 1 atom stereocenters. The second kappa shape index (κ2) is 8.21. The minimum Gasteiger partial charge on any atom is -0.344 e. The maximum atomic E-state index is 12.7. The molecule has 3 rings (SSSR count). The summed E-state index contributed by atoms with van der Waals surface area (Å²) in [4.78, 5) is 27.7. The number of nitrogens with one attached hydrogen (secondary N) is 1. The highest BCUT2D eigenvalue weighted by atomic mass is 32.2. The number of hydrogen-bond acceptors (Lipinski definition) is 3. The quantitative estimate of drug-likeness (QED) is 0.837. The fraction of sp³-hybridized carbons (Fsp3) is 0.300. The van der Waals surface area contributed by atoms with Crippen LogP contribution in [-0.2, 0) is 9.59 Å². The van der Waals surface area contributed by atoms with Crippen molar-refractivity contribution in [3.63, 3.8) is 0 Å². The van der Waals surface area contributed by atoms with Crippen molar-refractivity contribution in [1.29, 1.82) is 0 Å². The number of carbonyl (C=O) groups is 2. The number of carbonyl (C=O) groups excluding carboxylic acids is 2. The normalized spacial score (nSPS) is 17.4. The maximum absolute atomic E-state index is 12.7. The Morgan fingerprint density at radius 3 is 2.60 bits per heavy atom. The third-order valence-corrected chi connectivity index (χ3v) is 5.24. The number of para-hydroxylation sites is 1. The van der Waals surface area contributed by atoms with Crippen LogP contribution >= 0.6 is 11.8 Å². The number of nitrogens with zero attached hydrogens (tertiary/aromatic N) is 1. The summed E-state index contributed by atoms with van der Waals surface area (Å²) >= 11 is 1.49. The largest absolute Gasteiger partial charge is 0.344 e. The van der Waals surface area contributed by atoms with Gasteiger partial charge in [-0.15, -0.1) is 11.8 Å². The molecule has 0 saturated carbocycles. The molecule has 1 heterocycles. The Morgan fingerprint density at radius 1 is 1.16 bits per heavy atom. The molecule has 2 aromatic rings. The number of amides is 2. The molecule has 2 aromatic carbocycles. The SMILES string of the molecule is Cc1ccc(SCC(=O)NC2CCCN(c3ccccc3)C2=O)cc1. The molecule has 1 fully saturated rings. The molecule has 4 nitrogen and oxygen atoms in total. The number of hydrogen-bond donors (Lipinski definition) is 1. The lowest BCUT2D eigenvalue weighted by molar-refractivity contribution is -0.127. The molecule has 1 unspecified atom stereocenters. The number of rotatable bonds is 5. The van der Waals surface area contributed by atoms with E-state index in [0.29, 0.717) is 18.7 Å². The van der Waals surface area contributed by atoms with Crippen LogP contribution < -0.4 is 10.2 Å². The van der Waals surface area contributed by atoms with Crippen LogP contribution in [0.4, 0.5) is 5.69 Å². The van der Waals surface area contributed by atoms with E-state index in [2.05, 4.69) is 5.32 Å². The molecular formula is C20H22N2O2S. The Balaban J connectivity index is 1.55. The fourth-order valence-corrected chi connectivity index (χ4v) is 3.60. The lowest BCUT2D eigenvalue weighted by atomic mass is 10.0. The van der Waals surface area contributed by atoms with Crippen molar-refractivity contribution in [2.24, 2.45) is 0 Å². The van der Waals surface area contributed by atoms with Gasteiger partial charge in [-0.25, -0.2) is 0 Å². The Hall–Kier alpha value is -2.27. The van der Waals surface area contributed by atoms with E-state index < -0.39 is 6.04 Å². The van der Waals surface area contributed by atoms with E-state index >= 15 is 0 Å². The molecule has 130 valence electrons. The second-order valence-electron chi connectivity index (χ2n) is 6.19. The van der Waals surface area contributed by atoms with Gasteiger partial charge in [-0.05, 0) is 44.0 Å². The predicted molar refractivity (Wildman–Crippen MR) is 102 cm³/mol. The van der Waals surface area contributed by atoms with Crippen molar-refractivity contribution in [3.05, 3.63) is 60.2 Å². The third-order valence-electron chi connectivity index (χ3n) is 4.23. The molecule has 0 radical (unpaired) electrons. The van der Waals surface area contributed by atoms with Gasteiger partial charge in [-0.3, -0.25) is 9.59 Å². The minimum atomic E-state index is -0.430. The van der Waals surface area contributed by atoms with Crippen molar-refractivity contribution < 1.29 is 9.59 Å². The van der Waals surface area contributed by atoms with Gasteiger partial charge in [0.25, 0.3) is 0 Å². The van der Waals surface area contributed by atoms with Gasteiger partial charge in [0, 0.05) is 17.1 Å². The van der Waals surface area contributed by atoms with Crippen molar-refractivity contribution in [2.45, 2.75) is 30.7 Å². The maximum Gasteiger partial charge on any atom is 0.249 e. The fourth-order valence-electron chi connectivity index (χ4n) is 2.89. The van der Waals surface area contributed by atoms with Crippen LogP contribution in [0.5, 0.6) is 0 Å². The van der Waals surface area contributed by atoms with Crippen LogP contribution in [0.15, 0.2) is 59.5 Å². The molecule has 0 bridgehead atoms. The van der Waals surface area contributed by atoms with E-state index in [4.69, 9.17) is 0 Å². The van der Waals surface area contributed by atoms with E-state index in [1.165, 1.54) is 17.3 Å². The first-order valence-corrected chi connectivity index (χ1v) is 9.47. The zero-order valence-corrected chi connectivity index (χ0v) is 15.1. The molecule has 0 spiro atoms. The topological polar surface area (TPSA) is 49.4 Å². The van der Waals surface area contributed by atoms with Crippen molar-refractivity contribution in [1.82, 2.24) is 5.32 Å². The monoisotopic (exact) mass is 354 g/mol. The van der Waals surface area contributed by atoms with Crippen molar-refractivity contribution >= 4 is 29.3 Å². The number of thioether (sulfide) groups is 1. The van der Waals surface area contributed by atoms with Crippen LogP contribution in [0.3, 0.4) is 0 Å². The van der Waals surface area contributed by atoms with Gasteiger partial charge in [0.15, 0.2) is 0 Å². The summed E-state index contributed by atoms with van der Waals surface area (Å²) in [5.41, 5.74) is 2.09. The van der Waals surface area contributed by atoms with Crippen molar-refractivity contribution in [2.75, 3.05) is 17.2 Å². The number of anilines is 1. The van der Waals surface area contributed by atoms with Gasteiger partial charge in [0.05, 0.1) is 5.75 Å². The van der Waals surface area contributed by atoms with E-state index in [-0.39, 0.29) is 11.8 Å². The zero-order valence-electron chi connectivity index (χ0n) is 14.3. The minimum absolute atomic E-state index is 0.0221. The molecule has 0 aromatic heterocycles. The lowest BCUT2D eigenvalue weighted by Crippen LogP contribution is -2.52. The third kappa shape index (κ3) is 4.63. The van der Waals surface area contributed by atoms with Gasteiger partial charge >= 0.3 is 0 Å². The number of piperidine rings is 1. The van der Waals surface area contributed by atoms with Crippen LogP contribution in [-0.4, -0.2) is 30.2 Å². The number of aryl methyl sites for hydroxylation is 1. The average Bonchev–Trinajstić information content (AvgIpc) is 2.64. The molecule has 25 heavy (non-hydrogen) atoms. The molecule has 1 aliphatic heterocycles. The van der Waals surface area contributed by atoms with Gasteiger partial charge in [0.2, 0.25) is 11.8 Å². The summed E-state index contributed by atoms with van der Waals surface area (Å²) in [7, 11) is 0. The molecule has 1 aliphatic rings. The zero-order chi connectivity index (χ0) is 17.6. The first kappa shape index (κ1) is 17.5. The Kier molecular flexibility index (Phi) is 5.76. The average molecular weight is 354 g/mol. The summed E-state index contributed by atoms with van der Waals surface area (Å²) in [5.74, 6) is 0.197. The van der Waals surface area contributed by atoms with Gasteiger partial charge in [-0.1, -0.05) is 35.9 Å². The van der Waals surface area contributed by atoms with E-state index in [0.717, 1.165) is 17.0 Å². The van der Waals surface area contributed by atoms with Gasteiger partial charge in [0.1, 0.15) is 6.04 Å². The summed E-state index contributed by atoms with van der Waals surface area (Å²) < 4.78 is 0. The molecule has 1 saturated heterocycles. The molecule has 2 amide bonds. The van der Waals surface area contributed by atoms with Crippen LogP contribution in [0.2, 0.25) is 0 Å². The Labute approximate surface area is 152 Å². The van der Waals surface area contributed by atoms with Crippen molar-refractivity contribution in [3.8, 4) is 0 Å². The second-order valence-corrected chi connectivity index (χ2v) is 7.24. The predicted octanol–water partition coefficient (Wildman–Crippen LogP) is 3.40. The van der Waals surface area contributed by atoms with Crippen LogP contribution in [0, 0.1) is 6.92 Å².